The van der Waals surface area contributed by atoms with Crippen LogP contribution in [-0.4, -0.2) is 47.1 Å². The summed E-state index contributed by atoms with van der Waals surface area (Å²) in [7, 11) is 0. The molecule has 1 heterocycles. The van der Waals surface area contributed by atoms with E-state index in [0.29, 0.717) is 32.5 Å². The molecule has 0 atom stereocenters. The predicted octanol–water partition coefficient (Wildman–Crippen LogP) is 5.28. The number of fused-ring (bicyclic) bond motifs is 1. The van der Waals surface area contributed by atoms with Gasteiger partial charge in [-0.3, -0.25) is 9.59 Å². The van der Waals surface area contributed by atoms with Gasteiger partial charge in [0.2, 0.25) is 0 Å². The van der Waals surface area contributed by atoms with Crippen molar-refractivity contribution in [3.63, 3.8) is 0 Å². The van der Waals surface area contributed by atoms with Crippen LogP contribution >= 0.6 is 0 Å². The number of nitrogens with zero attached hydrogens (tertiary/aromatic N) is 1. The molecule has 0 radical (unpaired) electrons. The van der Waals surface area contributed by atoms with E-state index in [1.54, 1.807) is 4.90 Å². The van der Waals surface area contributed by atoms with E-state index in [2.05, 4.69) is 6.07 Å². The highest BCUT2D eigenvalue weighted by molar-refractivity contribution is 5.83. The molecule has 0 spiro atoms. The van der Waals surface area contributed by atoms with Gasteiger partial charge in [-0.1, -0.05) is 24.3 Å². The van der Waals surface area contributed by atoms with E-state index < -0.39 is 5.97 Å². The number of aliphatic carboxylic acids is 1. The summed E-state index contributed by atoms with van der Waals surface area (Å²) in [5.74, 6) is 0.372. The number of rotatable bonds is 9. The molecule has 37 heavy (non-hydrogen) atoms. The average molecular weight is 508 g/mol. The summed E-state index contributed by atoms with van der Waals surface area (Å²) in [6.45, 7) is 5.63. The van der Waals surface area contributed by atoms with Gasteiger partial charge in [0.05, 0.1) is 6.61 Å². The second-order valence-corrected chi connectivity index (χ2v) is 10.3. The van der Waals surface area contributed by atoms with Crippen LogP contribution in [0, 0.1) is 12.8 Å². The smallest absolute Gasteiger partial charge is 0.410 e. The zero-order valence-electron chi connectivity index (χ0n) is 21.8. The van der Waals surface area contributed by atoms with E-state index in [0.717, 1.165) is 60.1 Å². The number of ketones is 1. The van der Waals surface area contributed by atoms with Crippen LogP contribution in [0.1, 0.15) is 66.8 Å². The van der Waals surface area contributed by atoms with Gasteiger partial charge in [-0.15, -0.1) is 0 Å². The lowest BCUT2D eigenvalue weighted by Gasteiger charge is -2.32. The first-order valence-electron chi connectivity index (χ1n) is 13.3. The van der Waals surface area contributed by atoms with Gasteiger partial charge in [-0.05, 0) is 91.8 Å². The minimum absolute atomic E-state index is 0.134. The third-order valence-corrected chi connectivity index (χ3v) is 7.49. The summed E-state index contributed by atoms with van der Waals surface area (Å²) in [5, 5.41) is 8.97. The Kier molecular flexibility index (Phi) is 8.85. The molecule has 0 aromatic heterocycles. The quantitative estimate of drug-likeness (QED) is 0.497. The number of carboxylic acid groups (broad SMARTS) is 1. The molecule has 1 amide bonds. The first kappa shape index (κ1) is 26.7. The van der Waals surface area contributed by atoms with Crippen molar-refractivity contribution in [3.05, 3.63) is 64.2 Å². The number of carboxylic acids is 1. The number of aryl methyl sites for hydroxylation is 1. The maximum atomic E-state index is 12.8. The van der Waals surface area contributed by atoms with Crippen LogP contribution in [0.3, 0.4) is 0 Å². The Labute approximate surface area is 218 Å². The summed E-state index contributed by atoms with van der Waals surface area (Å²) < 4.78 is 11.3. The molecular weight excluding hydrogens is 470 g/mol. The highest BCUT2D eigenvalue weighted by Gasteiger charge is 2.28. The molecule has 1 aliphatic heterocycles. The maximum absolute atomic E-state index is 12.8. The Morgan fingerprint density at radius 3 is 2.51 bits per heavy atom. The summed E-state index contributed by atoms with van der Waals surface area (Å²) >= 11 is 0. The van der Waals surface area contributed by atoms with E-state index in [1.807, 2.05) is 44.2 Å². The van der Waals surface area contributed by atoms with E-state index in [9.17, 15) is 14.4 Å². The molecule has 7 nitrogen and oxygen atoms in total. The van der Waals surface area contributed by atoms with Crippen molar-refractivity contribution in [3.8, 4) is 5.75 Å². The topological polar surface area (TPSA) is 93.1 Å². The number of carbonyl (C=O) groups excluding carboxylic acids is 2. The standard InChI is InChI=1S/C30H37NO6/c1-3-36-28-9-4-20(2)25(18-28)17-26(32)15-22-5-8-24-19-31(13-12-23(24)14-22)30(35)37-27-10-6-21(7-11-27)16-29(33)34/h4-5,8-9,14,18,21,27H,3,6-7,10-13,15-17,19H2,1-2H3,(H,33,34). The SMILES string of the molecule is CCOc1ccc(C)c(CC(=O)Cc2ccc3c(c2)CCN(C(=O)OC2CCC(CC(=O)O)CC2)C3)c1. The monoisotopic (exact) mass is 507 g/mol. The first-order chi connectivity index (χ1) is 17.8. The third kappa shape index (κ3) is 7.34. The number of Topliss-reactive ketones (excluding diaryl/α,β-unsaturated/α-hetero) is 1. The fourth-order valence-electron chi connectivity index (χ4n) is 5.39. The highest BCUT2D eigenvalue weighted by atomic mass is 16.6. The molecule has 198 valence electrons. The summed E-state index contributed by atoms with van der Waals surface area (Å²) in [6.07, 6.45) is 4.26. The van der Waals surface area contributed by atoms with Crippen LogP contribution in [-0.2, 0) is 40.1 Å². The molecule has 0 unspecified atom stereocenters. The molecule has 7 heteroatoms. The third-order valence-electron chi connectivity index (χ3n) is 7.49. The average Bonchev–Trinajstić information content (AvgIpc) is 2.86. The Hall–Kier alpha value is -3.35. The minimum atomic E-state index is -0.762. The molecule has 1 aliphatic carbocycles. The van der Waals surface area contributed by atoms with Gasteiger partial charge < -0.3 is 19.5 Å². The van der Waals surface area contributed by atoms with Crippen LogP contribution in [0.5, 0.6) is 5.75 Å². The normalized spacial score (nSPS) is 19.1. The minimum Gasteiger partial charge on any atom is -0.494 e. The van der Waals surface area contributed by atoms with Crippen LogP contribution in [0.25, 0.3) is 0 Å². The molecule has 1 N–H and O–H groups in total. The zero-order valence-corrected chi connectivity index (χ0v) is 21.8. The van der Waals surface area contributed by atoms with E-state index in [-0.39, 0.29) is 30.3 Å². The number of amides is 1. The van der Waals surface area contributed by atoms with Crippen molar-refractivity contribution in [1.82, 2.24) is 4.90 Å². The van der Waals surface area contributed by atoms with Crippen LogP contribution in [0.2, 0.25) is 0 Å². The van der Waals surface area contributed by atoms with Crippen molar-refractivity contribution in [2.24, 2.45) is 5.92 Å². The first-order valence-corrected chi connectivity index (χ1v) is 13.3. The fraction of sp³-hybridized carbons (Fsp3) is 0.500. The largest absolute Gasteiger partial charge is 0.494 e. The zero-order chi connectivity index (χ0) is 26.4. The summed E-state index contributed by atoms with van der Waals surface area (Å²) in [6, 6.07) is 12.0. The molecule has 2 aromatic carbocycles. The fourth-order valence-corrected chi connectivity index (χ4v) is 5.39. The lowest BCUT2D eigenvalue weighted by molar-refractivity contribution is -0.138. The summed E-state index contributed by atoms with van der Waals surface area (Å²) in [4.78, 5) is 38.3. The second kappa shape index (κ2) is 12.3. The van der Waals surface area contributed by atoms with E-state index in [4.69, 9.17) is 14.6 Å². The van der Waals surface area contributed by atoms with E-state index in [1.165, 1.54) is 5.56 Å². The number of hydrogen-bond acceptors (Lipinski definition) is 5. The molecular formula is C30H37NO6. The van der Waals surface area contributed by atoms with Crippen molar-refractivity contribution < 1.29 is 29.0 Å². The van der Waals surface area contributed by atoms with Crippen molar-refractivity contribution in [2.75, 3.05) is 13.2 Å². The van der Waals surface area contributed by atoms with E-state index >= 15 is 0 Å². The molecule has 4 rings (SSSR count). The summed E-state index contributed by atoms with van der Waals surface area (Å²) in [5.41, 5.74) is 5.35. The molecule has 1 fully saturated rings. The number of benzene rings is 2. The van der Waals surface area contributed by atoms with Crippen LogP contribution in [0.4, 0.5) is 4.79 Å². The Bertz CT molecular complexity index is 1130. The van der Waals surface area contributed by atoms with Crippen LogP contribution < -0.4 is 4.74 Å². The number of carbonyl (C=O) groups is 3. The van der Waals surface area contributed by atoms with Gasteiger partial charge in [0.25, 0.3) is 0 Å². The highest BCUT2D eigenvalue weighted by Crippen LogP contribution is 2.30. The van der Waals surface area contributed by atoms with Gasteiger partial charge in [-0.2, -0.15) is 0 Å². The second-order valence-electron chi connectivity index (χ2n) is 10.3. The van der Waals surface area contributed by atoms with Crippen molar-refractivity contribution in [2.45, 2.75) is 77.9 Å². The molecule has 2 aromatic rings. The molecule has 1 saturated carbocycles. The van der Waals surface area contributed by atoms with Gasteiger partial charge >= 0.3 is 12.1 Å². The van der Waals surface area contributed by atoms with Crippen molar-refractivity contribution in [1.29, 1.82) is 0 Å². The lowest BCUT2D eigenvalue weighted by atomic mass is 9.85. The molecule has 0 saturated heterocycles. The van der Waals surface area contributed by atoms with Gasteiger partial charge in [0.1, 0.15) is 17.6 Å². The lowest BCUT2D eigenvalue weighted by Crippen LogP contribution is -2.39. The Morgan fingerprint density at radius 2 is 1.78 bits per heavy atom. The maximum Gasteiger partial charge on any atom is 0.410 e. The van der Waals surface area contributed by atoms with Gasteiger partial charge in [-0.25, -0.2) is 4.79 Å². The Morgan fingerprint density at radius 1 is 1.00 bits per heavy atom. The van der Waals surface area contributed by atoms with Gasteiger partial charge in [0, 0.05) is 32.4 Å². The molecule has 0 bridgehead atoms. The van der Waals surface area contributed by atoms with Gasteiger partial charge in [0.15, 0.2) is 0 Å². The number of hydrogen-bond donors (Lipinski definition) is 1. The predicted molar refractivity (Wildman–Crippen MR) is 140 cm³/mol. The number of ether oxygens (including phenoxy) is 2. The van der Waals surface area contributed by atoms with Crippen molar-refractivity contribution >= 4 is 17.8 Å². The van der Waals surface area contributed by atoms with Crippen LogP contribution in [0.15, 0.2) is 36.4 Å². The molecule has 2 aliphatic rings. The Balaban J connectivity index is 1.28.